The maximum absolute atomic E-state index is 12.4. The summed E-state index contributed by atoms with van der Waals surface area (Å²) in [4.78, 5) is 7.57. The number of hydrogen-bond acceptors (Lipinski definition) is 3. The number of hydrogen-bond donors (Lipinski definition) is 2. The molecule has 1 aliphatic heterocycles. The predicted molar refractivity (Wildman–Crippen MR) is 68.4 cm³/mol. The zero-order chi connectivity index (χ0) is 11.7. The monoisotopic (exact) mass is 249 g/mol. The second-order valence-electron chi connectivity index (χ2n) is 4.31. The van der Waals surface area contributed by atoms with Gasteiger partial charge in [-0.25, -0.2) is 4.98 Å². The standard InChI is InChI=1S/C12H15N3OS/c16-17(9-5-7-13-8-6-9)12-14-10-3-1-2-4-11(10)15-12/h1-4,9,13H,5-8H2,(H,14,15)/t17-/m0/s1. The summed E-state index contributed by atoms with van der Waals surface area (Å²) in [6, 6.07) is 7.80. The summed E-state index contributed by atoms with van der Waals surface area (Å²) in [7, 11) is -1.01. The molecule has 2 aromatic rings. The molecule has 1 atom stereocenters. The second kappa shape index (κ2) is 4.58. The topological polar surface area (TPSA) is 57.8 Å². The molecule has 1 fully saturated rings. The van der Waals surface area contributed by atoms with Crippen molar-refractivity contribution in [3.8, 4) is 0 Å². The van der Waals surface area contributed by atoms with Gasteiger partial charge in [-0.3, -0.25) is 4.21 Å². The molecule has 0 bridgehead atoms. The molecule has 0 spiro atoms. The van der Waals surface area contributed by atoms with Crippen molar-refractivity contribution < 1.29 is 4.21 Å². The van der Waals surface area contributed by atoms with Crippen LogP contribution >= 0.6 is 0 Å². The minimum absolute atomic E-state index is 0.233. The third-order valence-electron chi connectivity index (χ3n) is 3.15. The highest BCUT2D eigenvalue weighted by Gasteiger charge is 2.23. The SMILES string of the molecule is O=[S@](c1nc2ccccc2[nH]1)C1CCNCC1. The number of para-hydroxylation sites is 2. The summed E-state index contributed by atoms with van der Waals surface area (Å²) in [6.45, 7) is 1.91. The van der Waals surface area contributed by atoms with Gasteiger partial charge in [-0.15, -0.1) is 0 Å². The van der Waals surface area contributed by atoms with Crippen LogP contribution in [0.1, 0.15) is 12.8 Å². The van der Waals surface area contributed by atoms with Crippen molar-refractivity contribution in [3.63, 3.8) is 0 Å². The molecule has 1 aromatic heterocycles. The average Bonchev–Trinajstić information content (AvgIpc) is 2.82. The van der Waals surface area contributed by atoms with Crippen LogP contribution in [0.2, 0.25) is 0 Å². The first-order valence-electron chi connectivity index (χ1n) is 5.90. The first-order valence-corrected chi connectivity index (χ1v) is 7.12. The average molecular weight is 249 g/mol. The highest BCUT2D eigenvalue weighted by molar-refractivity contribution is 7.85. The molecular formula is C12H15N3OS. The molecule has 5 heteroatoms. The third kappa shape index (κ3) is 2.12. The van der Waals surface area contributed by atoms with E-state index in [1.54, 1.807) is 0 Å². The van der Waals surface area contributed by atoms with Gasteiger partial charge in [-0.05, 0) is 38.1 Å². The van der Waals surface area contributed by atoms with Crippen LogP contribution < -0.4 is 5.32 Å². The summed E-state index contributed by atoms with van der Waals surface area (Å²) in [6.07, 6.45) is 1.92. The molecule has 0 unspecified atom stereocenters. The molecule has 0 aliphatic carbocycles. The highest BCUT2D eigenvalue weighted by Crippen LogP contribution is 2.19. The Balaban J connectivity index is 1.89. The Hall–Kier alpha value is -1.20. The van der Waals surface area contributed by atoms with Crippen LogP contribution in [-0.4, -0.2) is 32.5 Å². The molecule has 17 heavy (non-hydrogen) atoms. The van der Waals surface area contributed by atoms with Crippen molar-refractivity contribution >= 4 is 21.8 Å². The first kappa shape index (κ1) is 10.9. The van der Waals surface area contributed by atoms with Crippen LogP contribution in [0.5, 0.6) is 0 Å². The largest absolute Gasteiger partial charge is 0.331 e. The second-order valence-corrected chi connectivity index (χ2v) is 5.95. The van der Waals surface area contributed by atoms with Crippen molar-refractivity contribution in [1.82, 2.24) is 15.3 Å². The number of aromatic nitrogens is 2. The lowest BCUT2D eigenvalue weighted by atomic mass is 10.2. The fourth-order valence-corrected chi connectivity index (χ4v) is 3.57. The van der Waals surface area contributed by atoms with Gasteiger partial charge in [-0.1, -0.05) is 12.1 Å². The normalized spacial score (nSPS) is 19.5. The van der Waals surface area contributed by atoms with E-state index in [1.807, 2.05) is 24.3 Å². The van der Waals surface area contributed by atoms with Crippen LogP contribution in [0, 0.1) is 0 Å². The Labute approximate surface area is 102 Å². The van der Waals surface area contributed by atoms with E-state index in [1.165, 1.54) is 0 Å². The predicted octanol–water partition coefficient (Wildman–Crippen LogP) is 1.42. The Kier molecular flexibility index (Phi) is 2.94. The number of imidazole rings is 1. The van der Waals surface area contributed by atoms with Crippen LogP contribution in [-0.2, 0) is 10.8 Å². The Morgan fingerprint density at radius 1 is 1.24 bits per heavy atom. The van der Waals surface area contributed by atoms with E-state index in [2.05, 4.69) is 15.3 Å². The highest BCUT2D eigenvalue weighted by atomic mass is 32.2. The summed E-state index contributed by atoms with van der Waals surface area (Å²) in [5.41, 5.74) is 1.86. The number of rotatable bonds is 2. The number of aromatic amines is 1. The van der Waals surface area contributed by atoms with Crippen LogP contribution in [0.3, 0.4) is 0 Å². The Bertz CT molecular complexity index is 512. The van der Waals surface area contributed by atoms with E-state index in [0.717, 1.165) is 37.0 Å². The van der Waals surface area contributed by atoms with E-state index in [-0.39, 0.29) is 5.25 Å². The summed E-state index contributed by atoms with van der Waals surface area (Å²) < 4.78 is 12.4. The van der Waals surface area contributed by atoms with E-state index >= 15 is 0 Å². The third-order valence-corrected chi connectivity index (χ3v) is 4.80. The lowest BCUT2D eigenvalue weighted by Crippen LogP contribution is -2.33. The van der Waals surface area contributed by atoms with Crippen molar-refractivity contribution in [2.45, 2.75) is 23.2 Å². The molecule has 2 N–H and O–H groups in total. The van der Waals surface area contributed by atoms with Gasteiger partial charge in [0.2, 0.25) is 0 Å². The zero-order valence-electron chi connectivity index (χ0n) is 9.48. The van der Waals surface area contributed by atoms with Gasteiger partial charge in [0.15, 0.2) is 5.16 Å². The van der Waals surface area contributed by atoms with E-state index in [9.17, 15) is 4.21 Å². The van der Waals surface area contributed by atoms with Crippen molar-refractivity contribution in [2.24, 2.45) is 0 Å². The molecule has 0 radical (unpaired) electrons. The van der Waals surface area contributed by atoms with Gasteiger partial charge in [0.1, 0.15) is 0 Å². The van der Waals surface area contributed by atoms with E-state index in [4.69, 9.17) is 0 Å². The van der Waals surface area contributed by atoms with Crippen molar-refractivity contribution in [3.05, 3.63) is 24.3 Å². The van der Waals surface area contributed by atoms with Gasteiger partial charge in [0, 0.05) is 5.25 Å². The number of piperidine rings is 1. The molecule has 0 amide bonds. The molecule has 0 saturated carbocycles. The van der Waals surface area contributed by atoms with Crippen molar-refractivity contribution in [2.75, 3.05) is 13.1 Å². The molecule has 4 nitrogen and oxygen atoms in total. The summed E-state index contributed by atoms with van der Waals surface area (Å²) in [5, 5.41) is 4.14. The molecule has 3 rings (SSSR count). The zero-order valence-corrected chi connectivity index (χ0v) is 10.3. The Morgan fingerprint density at radius 2 is 2.00 bits per heavy atom. The quantitative estimate of drug-likeness (QED) is 0.846. The van der Waals surface area contributed by atoms with Crippen LogP contribution in [0.15, 0.2) is 29.4 Å². The number of H-pyrrole nitrogens is 1. The fraction of sp³-hybridized carbons (Fsp3) is 0.417. The minimum atomic E-state index is -1.01. The maximum atomic E-state index is 12.4. The maximum Gasteiger partial charge on any atom is 0.197 e. The molecule has 1 aliphatic rings. The number of nitrogens with zero attached hydrogens (tertiary/aromatic N) is 1. The Morgan fingerprint density at radius 3 is 2.76 bits per heavy atom. The molecule has 2 heterocycles. The molecule has 90 valence electrons. The molecular weight excluding hydrogens is 234 g/mol. The first-order chi connectivity index (χ1) is 8.34. The van der Waals surface area contributed by atoms with Crippen LogP contribution in [0.4, 0.5) is 0 Å². The molecule has 1 aromatic carbocycles. The smallest absolute Gasteiger partial charge is 0.197 e. The van der Waals surface area contributed by atoms with Gasteiger partial charge < -0.3 is 10.3 Å². The minimum Gasteiger partial charge on any atom is -0.331 e. The van der Waals surface area contributed by atoms with Gasteiger partial charge in [0.25, 0.3) is 0 Å². The number of benzene rings is 1. The van der Waals surface area contributed by atoms with Gasteiger partial charge >= 0.3 is 0 Å². The fourth-order valence-electron chi connectivity index (χ4n) is 2.19. The molecule has 1 saturated heterocycles. The lowest BCUT2D eigenvalue weighted by Gasteiger charge is -2.20. The van der Waals surface area contributed by atoms with E-state index < -0.39 is 10.8 Å². The lowest BCUT2D eigenvalue weighted by molar-refractivity contribution is 0.518. The van der Waals surface area contributed by atoms with Gasteiger partial charge in [-0.2, -0.15) is 0 Å². The number of nitrogens with one attached hydrogen (secondary N) is 2. The van der Waals surface area contributed by atoms with E-state index in [0.29, 0.717) is 5.16 Å². The number of fused-ring (bicyclic) bond motifs is 1. The van der Waals surface area contributed by atoms with Crippen molar-refractivity contribution in [1.29, 1.82) is 0 Å². The van der Waals surface area contributed by atoms with Gasteiger partial charge in [0.05, 0.1) is 21.8 Å². The summed E-state index contributed by atoms with van der Waals surface area (Å²) in [5.74, 6) is 0. The van der Waals surface area contributed by atoms with Crippen LogP contribution in [0.25, 0.3) is 11.0 Å². The summed E-state index contributed by atoms with van der Waals surface area (Å²) >= 11 is 0.